The van der Waals surface area contributed by atoms with Crippen LogP contribution in [0, 0.1) is 0 Å². The molecule has 0 saturated heterocycles. The van der Waals surface area contributed by atoms with Crippen LogP contribution in [-0.4, -0.2) is 13.3 Å². The van der Waals surface area contributed by atoms with Crippen LogP contribution < -0.4 is 5.32 Å². The summed E-state index contributed by atoms with van der Waals surface area (Å²) in [5.74, 6) is 0. The molecule has 0 saturated carbocycles. The maximum atomic E-state index is 10.4. The Kier molecular flexibility index (Phi) is 5.11. The van der Waals surface area contributed by atoms with E-state index >= 15 is 0 Å². The van der Waals surface area contributed by atoms with Gasteiger partial charge in [-0.05, 0) is 29.4 Å². The lowest BCUT2D eigenvalue weighted by atomic mass is 10.2. The molecule has 0 spiro atoms. The maximum absolute atomic E-state index is 10.4. The van der Waals surface area contributed by atoms with Crippen molar-refractivity contribution in [1.82, 2.24) is 5.32 Å². The summed E-state index contributed by atoms with van der Waals surface area (Å²) in [7, 11) is 1.77. The summed E-state index contributed by atoms with van der Waals surface area (Å²) in [6, 6.07) is 1.81. The fourth-order valence-corrected chi connectivity index (χ4v) is 1.46. The molecule has 0 amide bonds. The van der Waals surface area contributed by atoms with Crippen LogP contribution in [0.15, 0.2) is 16.8 Å². The van der Waals surface area contributed by atoms with Crippen molar-refractivity contribution < 1.29 is 4.79 Å². The quantitative estimate of drug-likeness (QED) is 0.736. The molecule has 0 aliphatic heterocycles. The van der Waals surface area contributed by atoms with Crippen LogP contribution in [0.2, 0.25) is 0 Å². The van der Waals surface area contributed by atoms with Crippen LogP contribution in [0.4, 0.5) is 0 Å². The lowest BCUT2D eigenvalue weighted by Gasteiger charge is -2.04. The second-order valence-corrected chi connectivity index (χ2v) is 2.74. The molecule has 1 N–H and O–H groups in total. The number of carbonyl (C=O) groups excluding carboxylic acids is 1. The van der Waals surface area contributed by atoms with Crippen molar-refractivity contribution in [3.8, 4) is 0 Å². The van der Waals surface area contributed by atoms with Gasteiger partial charge in [0.15, 0.2) is 0 Å². The van der Waals surface area contributed by atoms with E-state index in [1.807, 2.05) is 16.8 Å². The van der Waals surface area contributed by atoms with E-state index < -0.39 is 0 Å². The number of halogens is 1. The van der Waals surface area contributed by atoms with Gasteiger partial charge in [0.05, 0.1) is 6.04 Å². The summed E-state index contributed by atoms with van der Waals surface area (Å²) in [5.41, 5.74) is 1.04. The summed E-state index contributed by atoms with van der Waals surface area (Å²) in [6.07, 6.45) is 0.905. The molecule has 0 aliphatic rings. The van der Waals surface area contributed by atoms with Crippen molar-refractivity contribution in [2.75, 3.05) is 7.05 Å². The predicted octanol–water partition coefficient (Wildman–Crippen LogP) is 1.63. The highest BCUT2D eigenvalue weighted by atomic mass is 35.5. The lowest BCUT2D eigenvalue weighted by molar-refractivity contribution is -0.109. The third-order valence-corrected chi connectivity index (χ3v) is 2.05. The Balaban J connectivity index is 0.000001000. The summed E-state index contributed by atoms with van der Waals surface area (Å²) in [5, 5.41) is 6.82. The van der Waals surface area contributed by atoms with E-state index in [4.69, 9.17) is 0 Å². The predicted molar refractivity (Wildman–Crippen MR) is 49.4 cm³/mol. The zero-order chi connectivity index (χ0) is 7.40. The smallest absolute Gasteiger partial charge is 0.141 e. The highest BCUT2D eigenvalue weighted by Crippen LogP contribution is 2.13. The van der Waals surface area contributed by atoms with Gasteiger partial charge in [-0.25, -0.2) is 0 Å². The van der Waals surface area contributed by atoms with Crippen LogP contribution in [0.5, 0.6) is 0 Å². The van der Waals surface area contributed by atoms with Crippen molar-refractivity contribution in [2.45, 2.75) is 6.04 Å². The Labute approximate surface area is 76.0 Å². The maximum Gasteiger partial charge on any atom is 0.141 e. The Morgan fingerprint density at radius 3 is 2.82 bits per heavy atom. The zero-order valence-electron chi connectivity index (χ0n) is 6.11. The summed E-state index contributed by atoms with van der Waals surface area (Å²) in [6.45, 7) is 0. The van der Waals surface area contributed by atoms with Gasteiger partial charge in [-0.15, -0.1) is 12.4 Å². The molecule has 1 heterocycles. The minimum absolute atomic E-state index is 0. The third kappa shape index (κ3) is 2.61. The van der Waals surface area contributed by atoms with Crippen LogP contribution in [-0.2, 0) is 4.79 Å². The summed E-state index contributed by atoms with van der Waals surface area (Å²) < 4.78 is 0. The first-order valence-corrected chi connectivity index (χ1v) is 3.97. The van der Waals surface area contributed by atoms with Gasteiger partial charge in [-0.3, -0.25) is 0 Å². The molecule has 11 heavy (non-hydrogen) atoms. The van der Waals surface area contributed by atoms with Crippen molar-refractivity contribution in [2.24, 2.45) is 0 Å². The van der Waals surface area contributed by atoms with E-state index in [9.17, 15) is 4.79 Å². The number of rotatable bonds is 3. The van der Waals surface area contributed by atoms with Gasteiger partial charge in [-0.1, -0.05) is 0 Å². The fourth-order valence-electron chi connectivity index (χ4n) is 0.765. The number of nitrogens with one attached hydrogen (secondary N) is 1. The summed E-state index contributed by atoms with van der Waals surface area (Å²) >= 11 is 1.60. The molecule has 1 aromatic heterocycles. The summed E-state index contributed by atoms with van der Waals surface area (Å²) in [4.78, 5) is 10.4. The van der Waals surface area contributed by atoms with Crippen LogP contribution in [0.25, 0.3) is 0 Å². The third-order valence-electron chi connectivity index (χ3n) is 1.35. The van der Waals surface area contributed by atoms with Gasteiger partial charge in [0.1, 0.15) is 6.29 Å². The number of thiophene rings is 1. The van der Waals surface area contributed by atoms with Crippen LogP contribution in [0.3, 0.4) is 0 Å². The van der Waals surface area contributed by atoms with Gasteiger partial charge in [0.2, 0.25) is 0 Å². The van der Waals surface area contributed by atoms with Gasteiger partial charge in [0, 0.05) is 0 Å². The average molecular weight is 192 g/mol. The largest absolute Gasteiger partial charge is 0.307 e. The minimum Gasteiger partial charge on any atom is -0.307 e. The van der Waals surface area contributed by atoms with Gasteiger partial charge >= 0.3 is 0 Å². The topological polar surface area (TPSA) is 29.1 Å². The zero-order valence-corrected chi connectivity index (χ0v) is 7.74. The van der Waals surface area contributed by atoms with Crippen molar-refractivity contribution >= 4 is 30.0 Å². The number of aldehydes is 1. The van der Waals surface area contributed by atoms with Crippen molar-refractivity contribution in [3.05, 3.63) is 22.4 Å². The normalized spacial score (nSPS) is 11.7. The highest BCUT2D eigenvalue weighted by Gasteiger charge is 2.05. The van der Waals surface area contributed by atoms with E-state index in [2.05, 4.69) is 5.32 Å². The molecule has 1 atom stereocenters. The van der Waals surface area contributed by atoms with E-state index in [0.717, 1.165) is 11.8 Å². The van der Waals surface area contributed by atoms with E-state index in [1.54, 1.807) is 18.4 Å². The number of likely N-dealkylation sites (N-methyl/N-ethyl adjacent to an activating group) is 1. The van der Waals surface area contributed by atoms with Crippen LogP contribution >= 0.6 is 23.7 Å². The Morgan fingerprint density at radius 2 is 2.45 bits per heavy atom. The molecular formula is C7H10ClNOS. The first-order valence-electron chi connectivity index (χ1n) is 3.03. The van der Waals surface area contributed by atoms with Crippen molar-refractivity contribution in [3.63, 3.8) is 0 Å². The molecule has 62 valence electrons. The van der Waals surface area contributed by atoms with Crippen LogP contribution in [0.1, 0.15) is 11.6 Å². The fraction of sp³-hybridized carbons (Fsp3) is 0.286. The highest BCUT2D eigenvalue weighted by molar-refractivity contribution is 7.08. The standard InChI is InChI=1S/C7H9NOS.ClH/c1-8-7(4-9)6-2-3-10-5-6;/h2-5,7-8H,1H3;1H. The molecule has 2 nitrogen and oxygen atoms in total. The molecule has 0 radical (unpaired) electrons. The molecule has 0 aromatic carbocycles. The molecule has 0 bridgehead atoms. The number of hydrogen-bond acceptors (Lipinski definition) is 3. The number of carbonyl (C=O) groups is 1. The lowest BCUT2D eigenvalue weighted by Crippen LogP contribution is -2.16. The minimum atomic E-state index is -0.133. The van der Waals surface area contributed by atoms with E-state index in [0.29, 0.717) is 0 Å². The van der Waals surface area contributed by atoms with E-state index in [-0.39, 0.29) is 18.4 Å². The average Bonchev–Trinajstić information content (AvgIpc) is 2.43. The Bertz CT molecular complexity index is 200. The molecule has 0 fully saturated rings. The molecular weight excluding hydrogens is 182 g/mol. The van der Waals surface area contributed by atoms with E-state index in [1.165, 1.54) is 0 Å². The molecule has 1 aromatic rings. The van der Waals surface area contributed by atoms with Crippen molar-refractivity contribution in [1.29, 1.82) is 0 Å². The molecule has 0 aliphatic carbocycles. The Morgan fingerprint density at radius 1 is 1.73 bits per heavy atom. The second kappa shape index (κ2) is 5.29. The molecule has 4 heteroatoms. The van der Waals surface area contributed by atoms with Gasteiger partial charge in [-0.2, -0.15) is 11.3 Å². The SMILES string of the molecule is CNC(C=O)c1ccsc1.Cl. The monoisotopic (exact) mass is 191 g/mol. The number of hydrogen-bond donors (Lipinski definition) is 1. The molecule has 1 unspecified atom stereocenters. The second-order valence-electron chi connectivity index (χ2n) is 1.96. The first-order chi connectivity index (χ1) is 4.88. The first kappa shape index (κ1) is 10.6. The Hall–Kier alpha value is -0.380. The molecule has 1 rings (SSSR count). The van der Waals surface area contributed by atoms with Gasteiger partial charge < -0.3 is 10.1 Å². The van der Waals surface area contributed by atoms with Gasteiger partial charge in [0.25, 0.3) is 0 Å².